The lowest BCUT2D eigenvalue weighted by molar-refractivity contribution is 0.595. The minimum Gasteiger partial charge on any atom is -0.398 e. The van der Waals surface area contributed by atoms with Crippen LogP contribution in [0.25, 0.3) is 0 Å². The van der Waals surface area contributed by atoms with Crippen LogP contribution < -0.4 is 5.73 Å². The summed E-state index contributed by atoms with van der Waals surface area (Å²) in [5, 5.41) is 9.02. The fourth-order valence-electron chi connectivity index (χ4n) is 1.73. The second-order valence-corrected chi connectivity index (χ2v) is 6.65. The molecule has 6 heteroatoms. The molecule has 0 bridgehead atoms. The van der Waals surface area contributed by atoms with Gasteiger partial charge in [0.05, 0.1) is 33.0 Å². The van der Waals surface area contributed by atoms with E-state index in [1.54, 1.807) is 24.3 Å². The fourth-order valence-corrected chi connectivity index (χ4v) is 3.34. The van der Waals surface area contributed by atoms with E-state index in [-0.39, 0.29) is 15.7 Å². The Morgan fingerprint density at radius 2 is 1.95 bits per heavy atom. The van der Waals surface area contributed by atoms with Gasteiger partial charge in [-0.2, -0.15) is 5.26 Å². The molecule has 0 aromatic heterocycles. The van der Waals surface area contributed by atoms with E-state index in [4.69, 9.17) is 22.6 Å². The molecule has 0 atom stereocenters. The number of hydrogen-bond acceptors (Lipinski definition) is 4. The first-order valence-electron chi connectivity index (χ1n) is 5.69. The number of anilines is 1. The zero-order valence-corrected chi connectivity index (χ0v) is 11.9. The smallest absolute Gasteiger partial charge is 0.182 e. The highest BCUT2D eigenvalue weighted by molar-refractivity contribution is 7.90. The maximum atomic E-state index is 12.3. The molecule has 0 spiro atoms. The van der Waals surface area contributed by atoms with Crippen molar-refractivity contribution in [2.45, 2.75) is 10.6 Å². The van der Waals surface area contributed by atoms with Gasteiger partial charge < -0.3 is 5.73 Å². The molecule has 0 aliphatic heterocycles. The molecular formula is C14H11ClN2O2S. The molecule has 0 saturated carbocycles. The zero-order chi connectivity index (χ0) is 14.8. The van der Waals surface area contributed by atoms with Gasteiger partial charge in [-0.15, -0.1) is 0 Å². The van der Waals surface area contributed by atoms with Gasteiger partial charge >= 0.3 is 0 Å². The number of benzene rings is 2. The van der Waals surface area contributed by atoms with Crippen molar-refractivity contribution < 1.29 is 8.42 Å². The summed E-state index contributed by atoms with van der Waals surface area (Å²) >= 11 is 5.84. The Bertz CT molecular complexity index is 795. The number of nitrogens with zero attached hydrogens (tertiary/aromatic N) is 1. The zero-order valence-electron chi connectivity index (χ0n) is 10.4. The molecule has 0 aliphatic carbocycles. The molecule has 0 unspecified atom stereocenters. The molecule has 0 aliphatic rings. The number of rotatable bonds is 3. The molecule has 2 rings (SSSR count). The van der Waals surface area contributed by atoms with Gasteiger partial charge in [-0.25, -0.2) is 8.42 Å². The van der Waals surface area contributed by atoms with E-state index in [0.717, 1.165) is 0 Å². The van der Waals surface area contributed by atoms with Gasteiger partial charge in [-0.3, -0.25) is 0 Å². The monoisotopic (exact) mass is 306 g/mol. The van der Waals surface area contributed by atoms with E-state index < -0.39 is 9.84 Å². The number of halogens is 1. The number of nitrogens with two attached hydrogens (primary N) is 1. The summed E-state index contributed by atoms with van der Waals surface area (Å²) in [6.45, 7) is 0. The van der Waals surface area contributed by atoms with Crippen LogP contribution in [0.2, 0.25) is 5.02 Å². The molecule has 2 aromatic carbocycles. The summed E-state index contributed by atoms with van der Waals surface area (Å²) in [5.74, 6) is -0.192. The Balaban J connectivity index is 2.35. The van der Waals surface area contributed by atoms with Gasteiger partial charge in [0.15, 0.2) is 9.84 Å². The predicted octanol–water partition coefficient (Wildman–Crippen LogP) is 2.77. The molecule has 0 amide bonds. The lowest BCUT2D eigenvalue weighted by Gasteiger charge is -2.06. The average Bonchev–Trinajstić information content (AvgIpc) is 2.41. The Kier molecular flexibility index (Phi) is 3.98. The van der Waals surface area contributed by atoms with Crippen molar-refractivity contribution in [1.82, 2.24) is 0 Å². The standard InChI is InChI=1S/C14H11ClN2O2S/c15-13-7-12(4-5-14(13)17)20(18,19)9-11-3-1-2-10(6-11)8-16/h1-7H,9,17H2. The Labute approximate surface area is 122 Å². The lowest BCUT2D eigenvalue weighted by atomic mass is 10.2. The van der Waals surface area contributed by atoms with Gasteiger partial charge in [0.2, 0.25) is 0 Å². The Morgan fingerprint density at radius 1 is 1.20 bits per heavy atom. The van der Waals surface area contributed by atoms with Crippen LogP contribution >= 0.6 is 11.6 Å². The minimum atomic E-state index is -3.53. The van der Waals surface area contributed by atoms with Gasteiger partial charge in [0.1, 0.15) is 0 Å². The van der Waals surface area contributed by atoms with Crippen LogP contribution in [0.5, 0.6) is 0 Å². The lowest BCUT2D eigenvalue weighted by Crippen LogP contribution is -2.05. The third-order valence-corrected chi connectivity index (χ3v) is 4.76. The van der Waals surface area contributed by atoms with Crippen LogP contribution in [0.4, 0.5) is 5.69 Å². The van der Waals surface area contributed by atoms with E-state index >= 15 is 0 Å². The fraction of sp³-hybridized carbons (Fsp3) is 0.0714. The Morgan fingerprint density at radius 3 is 2.60 bits per heavy atom. The third-order valence-electron chi connectivity index (χ3n) is 2.74. The number of hydrogen-bond donors (Lipinski definition) is 1. The first kappa shape index (κ1) is 14.4. The van der Waals surface area contributed by atoms with Gasteiger partial charge in [-0.05, 0) is 35.9 Å². The van der Waals surface area contributed by atoms with E-state index in [2.05, 4.69) is 0 Å². The molecule has 2 N–H and O–H groups in total. The van der Waals surface area contributed by atoms with Crippen molar-refractivity contribution in [2.24, 2.45) is 0 Å². The van der Waals surface area contributed by atoms with Crippen LogP contribution in [0.1, 0.15) is 11.1 Å². The van der Waals surface area contributed by atoms with Crippen molar-refractivity contribution in [3.8, 4) is 6.07 Å². The highest BCUT2D eigenvalue weighted by Crippen LogP contribution is 2.24. The molecule has 0 saturated heterocycles. The third kappa shape index (κ3) is 3.10. The maximum Gasteiger partial charge on any atom is 0.182 e. The molecule has 20 heavy (non-hydrogen) atoms. The largest absolute Gasteiger partial charge is 0.398 e. The summed E-state index contributed by atoms with van der Waals surface area (Å²) in [6.07, 6.45) is 0. The van der Waals surface area contributed by atoms with E-state index in [1.807, 2.05) is 6.07 Å². The molecule has 102 valence electrons. The van der Waals surface area contributed by atoms with Crippen LogP contribution in [-0.4, -0.2) is 8.42 Å². The van der Waals surface area contributed by atoms with Crippen LogP contribution in [0.15, 0.2) is 47.4 Å². The van der Waals surface area contributed by atoms with Crippen LogP contribution in [0, 0.1) is 11.3 Å². The van der Waals surface area contributed by atoms with Crippen molar-refractivity contribution in [2.75, 3.05) is 5.73 Å². The molecule has 0 fully saturated rings. The topological polar surface area (TPSA) is 84.0 Å². The second kappa shape index (κ2) is 5.53. The first-order valence-corrected chi connectivity index (χ1v) is 7.72. The summed E-state index contributed by atoms with van der Waals surface area (Å²) in [4.78, 5) is 0.110. The quantitative estimate of drug-likeness (QED) is 0.884. The predicted molar refractivity (Wildman–Crippen MR) is 77.9 cm³/mol. The van der Waals surface area contributed by atoms with Gasteiger partial charge in [0, 0.05) is 0 Å². The van der Waals surface area contributed by atoms with Crippen LogP contribution in [0.3, 0.4) is 0 Å². The SMILES string of the molecule is N#Cc1cccc(CS(=O)(=O)c2ccc(N)c(Cl)c2)c1. The average molecular weight is 307 g/mol. The summed E-state index contributed by atoms with van der Waals surface area (Å²) in [6, 6.07) is 12.7. The van der Waals surface area contributed by atoms with Crippen molar-refractivity contribution in [3.63, 3.8) is 0 Å². The molecule has 2 aromatic rings. The number of sulfone groups is 1. The van der Waals surface area contributed by atoms with Crippen LogP contribution in [-0.2, 0) is 15.6 Å². The van der Waals surface area contributed by atoms with Crippen molar-refractivity contribution in [3.05, 3.63) is 58.6 Å². The Hall–Kier alpha value is -2.03. The van der Waals surface area contributed by atoms with Crippen molar-refractivity contribution >= 4 is 27.1 Å². The molecule has 4 nitrogen and oxygen atoms in total. The normalized spacial score (nSPS) is 11.0. The van der Waals surface area contributed by atoms with Crippen molar-refractivity contribution in [1.29, 1.82) is 5.26 Å². The summed E-state index contributed by atoms with van der Waals surface area (Å²) in [5.41, 5.74) is 6.87. The van der Waals surface area contributed by atoms with Gasteiger partial charge in [-0.1, -0.05) is 23.7 Å². The number of nitriles is 1. The molecular weight excluding hydrogens is 296 g/mol. The first-order chi connectivity index (χ1) is 9.42. The molecule has 0 radical (unpaired) electrons. The minimum absolute atomic E-state index is 0.110. The van der Waals surface area contributed by atoms with E-state index in [0.29, 0.717) is 16.8 Å². The summed E-state index contributed by atoms with van der Waals surface area (Å²) < 4.78 is 24.6. The van der Waals surface area contributed by atoms with E-state index in [9.17, 15) is 8.42 Å². The molecule has 0 heterocycles. The second-order valence-electron chi connectivity index (χ2n) is 4.25. The summed E-state index contributed by atoms with van der Waals surface area (Å²) in [7, 11) is -3.53. The highest BCUT2D eigenvalue weighted by atomic mass is 35.5. The number of nitrogen functional groups attached to an aromatic ring is 1. The van der Waals surface area contributed by atoms with Gasteiger partial charge in [0.25, 0.3) is 0 Å². The maximum absolute atomic E-state index is 12.3. The van der Waals surface area contributed by atoms with E-state index in [1.165, 1.54) is 18.2 Å². The highest BCUT2D eigenvalue weighted by Gasteiger charge is 2.16.